The van der Waals surface area contributed by atoms with E-state index < -0.39 is 0 Å². The first-order valence-corrected chi connectivity index (χ1v) is 8.52. The van der Waals surface area contributed by atoms with Crippen molar-refractivity contribution < 1.29 is 18.7 Å². The molecule has 3 aromatic rings. The zero-order valence-corrected chi connectivity index (χ0v) is 15.1. The number of aromatic nitrogens is 1. The van der Waals surface area contributed by atoms with Crippen LogP contribution in [-0.2, 0) is 4.79 Å². The molecule has 0 unspecified atom stereocenters. The number of oxazole rings is 1. The molecule has 1 heterocycles. The van der Waals surface area contributed by atoms with Gasteiger partial charge in [-0.05, 0) is 42.5 Å². The van der Waals surface area contributed by atoms with Crippen molar-refractivity contribution in [1.29, 1.82) is 0 Å². The Kier molecular flexibility index (Phi) is 5.41. The van der Waals surface area contributed by atoms with Crippen molar-refractivity contribution >= 4 is 22.7 Å². The molecule has 6 nitrogen and oxygen atoms in total. The third-order valence-electron chi connectivity index (χ3n) is 3.84. The Morgan fingerprint density at radius 3 is 2.58 bits per heavy atom. The second-order valence-electron chi connectivity index (χ2n) is 6.21. The summed E-state index contributed by atoms with van der Waals surface area (Å²) in [5.74, 6) is 2.25. The van der Waals surface area contributed by atoms with E-state index in [0.717, 1.165) is 16.8 Å². The number of hydrogen-bond acceptors (Lipinski definition) is 5. The van der Waals surface area contributed by atoms with E-state index in [1.165, 1.54) is 0 Å². The van der Waals surface area contributed by atoms with Gasteiger partial charge in [-0.15, -0.1) is 0 Å². The summed E-state index contributed by atoms with van der Waals surface area (Å²) in [6, 6.07) is 12.7. The molecule has 1 amide bonds. The predicted molar refractivity (Wildman–Crippen MR) is 99.8 cm³/mol. The quantitative estimate of drug-likeness (QED) is 0.682. The van der Waals surface area contributed by atoms with E-state index in [-0.39, 0.29) is 18.2 Å². The molecule has 0 aliphatic carbocycles. The van der Waals surface area contributed by atoms with Crippen molar-refractivity contribution in [2.24, 2.45) is 0 Å². The lowest BCUT2D eigenvalue weighted by molar-refractivity contribution is -0.116. The van der Waals surface area contributed by atoms with Gasteiger partial charge in [-0.2, -0.15) is 0 Å². The van der Waals surface area contributed by atoms with E-state index in [4.69, 9.17) is 13.9 Å². The molecule has 1 aromatic heterocycles. The summed E-state index contributed by atoms with van der Waals surface area (Å²) in [5, 5.41) is 2.86. The molecular weight excluding hydrogens is 332 g/mol. The molecule has 0 spiro atoms. The Balaban J connectivity index is 1.53. The molecule has 3 rings (SSSR count). The maximum Gasteiger partial charge on any atom is 0.227 e. The fraction of sp³-hybridized carbons (Fsp3) is 0.300. The molecule has 2 aromatic carbocycles. The normalized spacial score (nSPS) is 10.9. The molecule has 0 saturated heterocycles. The monoisotopic (exact) mass is 354 g/mol. The standard InChI is InChI=1S/C20H22N2O4/c1-13(2)20-22-17-12-14(4-9-18(17)26-20)21-19(23)10-11-25-16-7-5-15(24-3)6-8-16/h4-9,12-13H,10-11H2,1-3H3,(H,21,23). The third-order valence-corrected chi connectivity index (χ3v) is 3.84. The molecular formula is C20H22N2O4. The highest BCUT2D eigenvalue weighted by Gasteiger charge is 2.10. The molecule has 0 aliphatic rings. The van der Waals surface area contributed by atoms with Crippen LogP contribution in [0.15, 0.2) is 46.9 Å². The number of rotatable bonds is 7. The summed E-state index contributed by atoms with van der Waals surface area (Å²) < 4.78 is 16.3. The molecule has 0 saturated carbocycles. The van der Waals surface area contributed by atoms with Crippen LogP contribution in [0.4, 0.5) is 5.69 Å². The molecule has 26 heavy (non-hydrogen) atoms. The zero-order valence-electron chi connectivity index (χ0n) is 15.1. The fourth-order valence-corrected chi connectivity index (χ4v) is 2.43. The number of nitrogens with zero attached hydrogens (tertiary/aromatic N) is 1. The molecule has 0 fully saturated rings. The van der Waals surface area contributed by atoms with E-state index in [1.54, 1.807) is 13.2 Å². The highest BCUT2D eigenvalue weighted by Crippen LogP contribution is 2.24. The summed E-state index contributed by atoms with van der Waals surface area (Å²) in [5.41, 5.74) is 2.14. The van der Waals surface area contributed by atoms with Gasteiger partial charge < -0.3 is 19.2 Å². The van der Waals surface area contributed by atoms with Gasteiger partial charge in [0.25, 0.3) is 0 Å². The van der Waals surface area contributed by atoms with Crippen LogP contribution >= 0.6 is 0 Å². The summed E-state index contributed by atoms with van der Waals surface area (Å²) >= 11 is 0. The van der Waals surface area contributed by atoms with Gasteiger partial charge in [0.2, 0.25) is 5.91 Å². The number of amides is 1. The second kappa shape index (κ2) is 7.91. The zero-order chi connectivity index (χ0) is 18.5. The molecule has 1 N–H and O–H groups in total. The van der Waals surface area contributed by atoms with Crippen molar-refractivity contribution in [3.05, 3.63) is 48.4 Å². The first-order valence-electron chi connectivity index (χ1n) is 8.52. The number of fused-ring (bicyclic) bond motifs is 1. The molecule has 0 atom stereocenters. The van der Waals surface area contributed by atoms with Crippen LogP contribution in [-0.4, -0.2) is 24.6 Å². The predicted octanol–water partition coefficient (Wildman–Crippen LogP) is 4.37. The number of methoxy groups -OCH3 is 1. The van der Waals surface area contributed by atoms with Crippen LogP contribution in [0.5, 0.6) is 11.5 Å². The summed E-state index contributed by atoms with van der Waals surface area (Å²) in [4.78, 5) is 16.5. The molecule has 0 radical (unpaired) electrons. The van der Waals surface area contributed by atoms with Gasteiger partial charge in [0, 0.05) is 11.6 Å². The van der Waals surface area contributed by atoms with E-state index in [2.05, 4.69) is 10.3 Å². The van der Waals surface area contributed by atoms with E-state index in [0.29, 0.717) is 23.9 Å². The minimum atomic E-state index is -0.120. The lowest BCUT2D eigenvalue weighted by Gasteiger charge is -2.08. The maximum atomic E-state index is 12.1. The summed E-state index contributed by atoms with van der Waals surface area (Å²) in [6.07, 6.45) is 0.250. The van der Waals surface area contributed by atoms with Crippen molar-refractivity contribution in [3.8, 4) is 11.5 Å². The first-order chi connectivity index (χ1) is 12.5. The Hall–Kier alpha value is -3.02. The summed E-state index contributed by atoms with van der Waals surface area (Å²) in [6.45, 7) is 4.34. The number of hydrogen-bond donors (Lipinski definition) is 1. The minimum absolute atomic E-state index is 0.120. The molecule has 0 aliphatic heterocycles. The maximum absolute atomic E-state index is 12.1. The van der Waals surface area contributed by atoms with E-state index >= 15 is 0 Å². The van der Waals surface area contributed by atoms with Crippen LogP contribution in [0.1, 0.15) is 32.1 Å². The van der Waals surface area contributed by atoms with Crippen molar-refractivity contribution in [2.75, 3.05) is 19.0 Å². The number of ether oxygens (including phenoxy) is 2. The average Bonchev–Trinajstić information content (AvgIpc) is 3.06. The molecule has 6 heteroatoms. The Labute approximate surface area is 152 Å². The molecule has 0 bridgehead atoms. The first kappa shape index (κ1) is 17.8. The smallest absolute Gasteiger partial charge is 0.227 e. The van der Waals surface area contributed by atoms with Crippen LogP contribution in [0.3, 0.4) is 0 Å². The Morgan fingerprint density at radius 1 is 1.15 bits per heavy atom. The van der Waals surface area contributed by atoms with E-state index in [1.807, 2.05) is 50.2 Å². The van der Waals surface area contributed by atoms with Gasteiger partial charge in [-0.3, -0.25) is 4.79 Å². The topological polar surface area (TPSA) is 73.6 Å². The highest BCUT2D eigenvalue weighted by molar-refractivity contribution is 5.92. The van der Waals surface area contributed by atoms with Gasteiger partial charge in [0.1, 0.15) is 17.0 Å². The number of carbonyl (C=O) groups excluding carboxylic acids is 1. The Morgan fingerprint density at radius 2 is 1.88 bits per heavy atom. The van der Waals surface area contributed by atoms with E-state index in [9.17, 15) is 4.79 Å². The SMILES string of the molecule is COc1ccc(OCCC(=O)Nc2ccc3oc(C(C)C)nc3c2)cc1. The van der Waals surface area contributed by atoms with Crippen LogP contribution in [0, 0.1) is 0 Å². The lowest BCUT2D eigenvalue weighted by Crippen LogP contribution is -2.15. The number of benzene rings is 2. The van der Waals surface area contributed by atoms with Crippen molar-refractivity contribution in [1.82, 2.24) is 4.98 Å². The van der Waals surface area contributed by atoms with Crippen molar-refractivity contribution in [2.45, 2.75) is 26.2 Å². The van der Waals surface area contributed by atoms with Crippen molar-refractivity contribution in [3.63, 3.8) is 0 Å². The highest BCUT2D eigenvalue weighted by atomic mass is 16.5. The largest absolute Gasteiger partial charge is 0.497 e. The fourth-order valence-electron chi connectivity index (χ4n) is 2.43. The molecule has 136 valence electrons. The van der Waals surface area contributed by atoms with Gasteiger partial charge in [-0.25, -0.2) is 4.98 Å². The average molecular weight is 354 g/mol. The summed E-state index contributed by atoms with van der Waals surface area (Å²) in [7, 11) is 1.61. The Bertz CT molecular complexity index is 884. The lowest BCUT2D eigenvalue weighted by atomic mass is 10.2. The van der Waals surface area contributed by atoms with Gasteiger partial charge >= 0.3 is 0 Å². The number of nitrogens with one attached hydrogen (secondary N) is 1. The number of carbonyl (C=O) groups is 1. The third kappa shape index (κ3) is 4.33. The van der Waals surface area contributed by atoms with Crippen LogP contribution in [0.25, 0.3) is 11.1 Å². The minimum Gasteiger partial charge on any atom is -0.497 e. The number of anilines is 1. The van der Waals surface area contributed by atoms with Gasteiger partial charge in [-0.1, -0.05) is 13.8 Å². The van der Waals surface area contributed by atoms with Crippen LogP contribution < -0.4 is 14.8 Å². The van der Waals surface area contributed by atoms with Gasteiger partial charge in [0.05, 0.1) is 20.1 Å². The van der Waals surface area contributed by atoms with Gasteiger partial charge in [0.15, 0.2) is 11.5 Å². The van der Waals surface area contributed by atoms with Crippen LogP contribution in [0.2, 0.25) is 0 Å². The second-order valence-corrected chi connectivity index (χ2v) is 6.21.